The lowest BCUT2D eigenvalue weighted by Gasteiger charge is -2.15. The number of hydrogen-bond acceptors (Lipinski definition) is 5. The highest BCUT2D eigenvalue weighted by Gasteiger charge is 2.18. The van der Waals surface area contributed by atoms with Crippen molar-refractivity contribution in [3.63, 3.8) is 0 Å². The molecule has 0 bridgehead atoms. The first-order valence-electron chi connectivity index (χ1n) is 9.86. The van der Waals surface area contributed by atoms with Crippen molar-refractivity contribution in [2.45, 2.75) is 20.0 Å². The molecule has 0 saturated heterocycles. The SMILES string of the molecule is CC(C)OC(=NC(=O)Nc1ccc(Oc2ccc([N+](=O)[O-])cc2)c(Cl)c1)c1c(Cl)cccc1Cl. The second kappa shape index (κ2) is 11.2. The van der Waals surface area contributed by atoms with E-state index in [4.69, 9.17) is 44.3 Å². The van der Waals surface area contributed by atoms with Crippen LogP contribution in [0.4, 0.5) is 16.2 Å². The lowest BCUT2D eigenvalue weighted by molar-refractivity contribution is -0.384. The van der Waals surface area contributed by atoms with Crippen molar-refractivity contribution in [3.05, 3.63) is 91.4 Å². The molecule has 0 aliphatic rings. The number of nitrogens with zero attached hydrogens (tertiary/aromatic N) is 2. The topological polar surface area (TPSA) is 103 Å². The Bertz CT molecular complexity index is 1230. The fourth-order valence-corrected chi connectivity index (χ4v) is 3.51. The molecule has 0 aliphatic carbocycles. The van der Waals surface area contributed by atoms with Crippen LogP contribution >= 0.6 is 34.8 Å². The molecule has 0 aliphatic heterocycles. The molecule has 3 aromatic rings. The molecule has 2 amide bonds. The number of non-ortho nitro benzene ring substituents is 1. The van der Waals surface area contributed by atoms with E-state index in [9.17, 15) is 14.9 Å². The summed E-state index contributed by atoms with van der Waals surface area (Å²) in [7, 11) is 0. The van der Waals surface area contributed by atoms with Crippen LogP contribution < -0.4 is 10.1 Å². The average molecular weight is 523 g/mol. The first-order chi connectivity index (χ1) is 16.1. The van der Waals surface area contributed by atoms with Crippen molar-refractivity contribution < 1.29 is 19.2 Å². The first kappa shape index (κ1) is 25.3. The molecule has 0 unspecified atom stereocenters. The number of hydrogen-bond donors (Lipinski definition) is 1. The second-order valence-electron chi connectivity index (χ2n) is 7.11. The number of nitro groups is 1. The minimum absolute atomic E-state index is 0.0210. The number of nitro benzene ring substituents is 1. The van der Waals surface area contributed by atoms with E-state index in [0.29, 0.717) is 22.7 Å². The number of ether oxygens (including phenoxy) is 2. The maximum atomic E-state index is 12.6. The molecular weight excluding hydrogens is 505 g/mol. The van der Waals surface area contributed by atoms with Crippen LogP contribution in [0.25, 0.3) is 0 Å². The Kier molecular flexibility index (Phi) is 8.33. The Hall–Kier alpha value is -3.33. The normalized spacial score (nSPS) is 11.3. The van der Waals surface area contributed by atoms with E-state index in [0.717, 1.165) is 0 Å². The molecule has 3 rings (SSSR count). The van der Waals surface area contributed by atoms with Crippen LogP contribution in [0.1, 0.15) is 19.4 Å². The van der Waals surface area contributed by atoms with Gasteiger partial charge < -0.3 is 14.8 Å². The number of carbonyl (C=O) groups is 1. The van der Waals surface area contributed by atoms with E-state index in [1.807, 2.05) is 0 Å². The highest BCUT2D eigenvalue weighted by molar-refractivity contribution is 6.40. The Morgan fingerprint density at radius 2 is 1.65 bits per heavy atom. The van der Waals surface area contributed by atoms with Gasteiger partial charge >= 0.3 is 6.03 Å². The van der Waals surface area contributed by atoms with Crippen LogP contribution in [0, 0.1) is 10.1 Å². The molecule has 176 valence electrons. The van der Waals surface area contributed by atoms with E-state index in [1.165, 1.54) is 30.3 Å². The van der Waals surface area contributed by atoms with Crippen LogP contribution in [0.3, 0.4) is 0 Å². The third-order valence-corrected chi connectivity index (χ3v) is 5.11. The molecule has 3 aromatic carbocycles. The average Bonchev–Trinajstić information content (AvgIpc) is 2.75. The number of benzene rings is 3. The van der Waals surface area contributed by atoms with Crippen LogP contribution in [-0.4, -0.2) is 23.0 Å². The molecule has 1 N–H and O–H groups in total. The lowest BCUT2D eigenvalue weighted by atomic mass is 10.2. The molecule has 0 atom stereocenters. The lowest BCUT2D eigenvalue weighted by Crippen LogP contribution is -2.18. The maximum absolute atomic E-state index is 12.6. The minimum atomic E-state index is -0.730. The van der Waals surface area contributed by atoms with Gasteiger partial charge in [-0.1, -0.05) is 40.9 Å². The van der Waals surface area contributed by atoms with E-state index < -0.39 is 11.0 Å². The monoisotopic (exact) mass is 521 g/mol. The molecule has 34 heavy (non-hydrogen) atoms. The predicted molar refractivity (Wildman–Crippen MR) is 133 cm³/mol. The molecule has 0 heterocycles. The zero-order chi connectivity index (χ0) is 24.8. The van der Waals surface area contributed by atoms with Crippen molar-refractivity contribution >= 4 is 58.1 Å². The summed E-state index contributed by atoms with van der Waals surface area (Å²) in [4.78, 5) is 26.8. The predicted octanol–water partition coefficient (Wildman–Crippen LogP) is 7.75. The van der Waals surface area contributed by atoms with E-state index in [1.54, 1.807) is 44.2 Å². The quantitative estimate of drug-likeness (QED) is 0.154. The summed E-state index contributed by atoms with van der Waals surface area (Å²) in [5.41, 5.74) is 0.597. The molecule has 0 radical (unpaired) electrons. The summed E-state index contributed by atoms with van der Waals surface area (Å²) in [6, 6.07) is 14.3. The van der Waals surface area contributed by atoms with Gasteiger partial charge in [-0.2, -0.15) is 4.99 Å². The number of rotatable bonds is 6. The maximum Gasteiger partial charge on any atom is 0.348 e. The highest BCUT2D eigenvalue weighted by Crippen LogP contribution is 2.32. The summed E-state index contributed by atoms with van der Waals surface area (Å²) >= 11 is 18.8. The largest absolute Gasteiger partial charge is 0.474 e. The van der Waals surface area contributed by atoms with Crippen molar-refractivity contribution in [2.24, 2.45) is 4.99 Å². The summed E-state index contributed by atoms with van der Waals surface area (Å²) in [5.74, 6) is 0.636. The molecular formula is C23H18Cl3N3O5. The molecule has 0 aromatic heterocycles. The number of nitrogens with one attached hydrogen (secondary N) is 1. The summed E-state index contributed by atoms with van der Waals surface area (Å²) in [6.07, 6.45) is -0.288. The van der Waals surface area contributed by atoms with Crippen molar-refractivity contribution in [1.82, 2.24) is 0 Å². The fourth-order valence-electron chi connectivity index (χ4n) is 2.73. The van der Waals surface area contributed by atoms with Gasteiger partial charge in [0.2, 0.25) is 5.90 Å². The van der Waals surface area contributed by atoms with Gasteiger partial charge in [0, 0.05) is 17.8 Å². The van der Waals surface area contributed by atoms with E-state index in [-0.39, 0.29) is 32.8 Å². The summed E-state index contributed by atoms with van der Waals surface area (Å²) in [5, 5.41) is 14.1. The van der Waals surface area contributed by atoms with Gasteiger partial charge in [-0.15, -0.1) is 0 Å². The van der Waals surface area contributed by atoms with Crippen molar-refractivity contribution in [1.29, 1.82) is 0 Å². The van der Waals surface area contributed by atoms with Gasteiger partial charge in [0.1, 0.15) is 11.5 Å². The fraction of sp³-hybridized carbons (Fsp3) is 0.130. The highest BCUT2D eigenvalue weighted by atomic mass is 35.5. The number of carbonyl (C=O) groups excluding carboxylic acids is 1. The van der Waals surface area contributed by atoms with Crippen molar-refractivity contribution in [2.75, 3.05) is 5.32 Å². The number of urea groups is 1. The van der Waals surface area contributed by atoms with Crippen LogP contribution in [0.2, 0.25) is 15.1 Å². The van der Waals surface area contributed by atoms with Gasteiger partial charge in [0.15, 0.2) is 0 Å². The molecule has 0 fully saturated rings. The third kappa shape index (κ3) is 6.60. The number of anilines is 1. The zero-order valence-corrected chi connectivity index (χ0v) is 20.2. The van der Waals surface area contributed by atoms with Crippen molar-refractivity contribution in [3.8, 4) is 11.5 Å². The Morgan fingerprint density at radius 3 is 2.21 bits per heavy atom. The van der Waals surface area contributed by atoms with Gasteiger partial charge in [0.25, 0.3) is 5.69 Å². The zero-order valence-electron chi connectivity index (χ0n) is 17.9. The first-order valence-corrected chi connectivity index (χ1v) is 11.0. The number of amides is 2. The Morgan fingerprint density at radius 1 is 1.00 bits per heavy atom. The van der Waals surface area contributed by atoms with Crippen LogP contribution in [0.15, 0.2) is 65.7 Å². The van der Waals surface area contributed by atoms with Gasteiger partial charge in [0.05, 0.1) is 31.7 Å². The Labute approximate surface area is 210 Å². The standard InChI is InChI=1S/C23H18Cl3N3O5/c1-13(2)33-22(21-17(24)4-3-5-18(21)25)28-23(30)27-14-6-11-20(19(26)12-14)34-16-9-7-15(8-10-16)29(31)32/h3-13H,1-2H3,(H,27,30). The molecule has 8 nitrogen and oxygen atoms in total. The molecule has 0 saturated carbocycles. The third-order valence-electron chi connectivity index (χ3n) is 4.19. The van der Waals surface area contributed by atoms with Crippen LogP contribution in [-0.2, 0) is 4.74 Å². The van der Waals surface area contributed by atoms with Gasteiger partial charge in [-0.05, 0) is 56.3 Å². The Balaban J connectivity index is 1.77. The molecule has 11 heteroatoms. The van der Waals surface area contributed by atoms with Gasteiger partial charge in [-0.3, -0.25) is 10.1 Å². The van der Waals surface area contributed by atoms with E-state index in [2.05, 4.69) is 10.3 Å². The van der Waals surface area contributed by atoms with Gasteiger partial charge in [-0.25, -0.2) is 4.79 Å². The summed E-state index contributed by atoms with van der Waals surface area (Å²) in [6.45, 7) is 3.56. The minimum Gasteiger partial charge on any atom is -0.474 e. The van der Waals surface area contributed by atoms with Crippen LogP contribution in [0.5, 0.6) is 11.5 Å². The molecule has 0 spiro atoms. The second-order valence-corrected chi connectivity index (χ2v) is 8.33. The van der Waals surface area contributed by atoms with E-state index >= 15 is 0 Å². The smallest absolute Gasteiger partial charge is 0.348 e. The summed E-state index contributed by atoms with van der Waals surface area (Å²) < 4.78 is 11.3. The number of aliphatic imine (C=N–C) groups is 1. The number of halogens is 3.